The van der Waals surface area contributed by atoms with Crippen molar-refractivity contribution in [3.63, 3.8) is 0 Å². The summed E-state index contributed by atoms with van der Waals surface area (Å²) >= 11 is 0. The second kappa shape index (κ2) is 5.75. The van der Waals surface area contributed by atoms with Crippen molar-refractivity contribution in [1.82, 2.24) is 10.3 Å². The number of aromatic carboxylic acids is 1. The molecule has 7 heteroatoms. The lowest BCUT2D eigenvalue weighted by molar-refractivity contribution is 0.0692. The van der Waals surface area contributed by atoms with Gasteiger partial charge in [-0.15, -0.1) is 0 Å². The molecule has 0 saturated carbocycles. The minimum Gasteiger partial charge on any atom is -0.477 e. The molecule has 2 rings (SSSR count). The number of hydrogen-bond acceptors (Lipinski definition) is 3. The van der Waals surface area contributed by atoms with E-state index in [0.717, 1.165) is 13.0 Å². The predicted molar refractivity (Wildman–Crippen MR) is 68.4 cm³/mol. The standard InChI is InChI=1S/C12H17N3O4/c1-7-4-9(10(14-7)11(16)17)15-12(18)13-5-8-2-3-19-6-8/h4,8,14H,2-3,5-6H2,1H3,(H,16,17)(H2,13,15,18). The Morgan fingerprint density at radius 3 is 3.00 bits per heavy atom. The van der Waals surface area contributed by atoms with Crippen LogP contribution in [0.1, 0.15) is 22.6 Å². The molecule has 7 nitrogen and oxygen atoms in total. The van der Waals surface area contributed by atoms with Crippen LogP contribution in [-0.4, -0.2) is 41.8 Å². The Kier molecular flexibility index (Phi) is 4.06. The number of H-pyrrole nitrogens is 1. The molecule has 1 fully saturated rings. The number of urea groups is 1. The predicted octanol–water partition coefficient (Wildman–Crippen LogP) is 1.18. The molecule has 1 unspecified atom stereocenters. The molecule has 0 aromatic carbocycles. The van der Waals surface area contributed by atoms with Crippen molar-refractivity contribution in [3.8, 4) is 0 Å². The van der Waals surface area contributed by atoms with Gasteiger partial charge in [0, 0.05) is 24.8 Å². The number of carbonyl (C=O) groups is 2. The molecule has 1 aromatic rings. The number of amides is 2. The van der Waals surface area contributed by atoms with Crippen molar-refractivity contribution in [2.45, 2.75) is 13.3 Å². The average Bonchev–Trinajstić information content (AvgIpc) is 2.96. The van der Waals surface area contributed by atoms with Gasteiger partial charge in [-0.05, 0) is 19.4 Å². The number of aryl methyl sites for hydroxylation is 1. The van der Waals surface area contributed by atoms with Crippen LogP contribution in [-0.2, 0) is 4.74 Å². The zero-order valence-electron chi connectivity index (χ0n) is 10.7. The number of hydrogen-bond donors (Lipinski definition) is 4. The van der Waals surface area contributed by atoms with E-state index in [1.807, 2.05) is 0 Å². The number of rotatable bonds is 4. The Hall–Kier alpha value is -2.02. The molecule has 4 N–H and O–H groups in total. The number of carboxylic acids is 1. The normalized spacial score (nSPS) is 18.3. The lowest BCUT2D eigenvalue weighted by Crippen LogP contribution is -2.33. The van der Waals surface area contributed by atoms with Gasteiger partial charge >= 0.3 is 12.0 Å². The molecule has 1 aliphatic heterocycles. The molecule has 2 amide bonds. The maximum absolute atomic E-state index is 11.7. The van der Waals surface area contributed by atoms with E-state index in [2.05, 4.69) is 15.6 Å². The van der Waals surface area contributed by atoms with Gasteiger partial charge in [0.25, 0.3) is 0 Å². The first kappa shape index (κ1) is 13.4. The van der Waals surface area contributed by atoms with Gasteiger partial charge in [0.05, 0.1) is 12.3 Å². The third kappa shape index (κ3) is 3.47. The van der Waals surface area contributed by atoms with Crippen molar-refractivity contribution in [3.05, 3.63) is 17.5 Å². The fourth-order valence-corrected chi connectivity index (χ4v) is 2.00. The van der Waals surface area contributed by atoms with Crippen LogP contribution in [0, 0.1) is 12.8 Å². The number of anilines is 1. The lowest BCUT2D eigenvalue weighted by Gasteiger charge is -2.10. The van der Waals surface area contributed by atoms with Gasteiger partial charge in [-0.1, -0.05) is 0 Å². The second-order valence-corrected chi connectivity index (χ2v) is 4.61. The highest BCUT2D eigenvalue weighted by Gasteiger charge is 2.18. The van der Waals surface area contributed by atoms with Crippen molar-refractivity contribution in [2.24, 2.45) is 5.92 Å². The zero-order chi connectivity index (χ0) is 13.8. The summed E-state index contributed by atoms with van der Waals surface area (Å²) in [5.74, 6) is -0.773. The van der Waals surface area contributed by atoms with Crippen LogP contribution in [0.5, 0.6) is 0 Å². The summed E-state index contributed by atoms with van der Waals surface area (Å²) in [4.78, 5) is 25.3. The van der Waals surface area contributed by atoms with Crippen LogP contribution in [0.3, 0.4) is 0 Å². The highest BCUT2D eigenvalue weighted by molar-refractivity contribution is 5.99. The van der Waals surface area contributed by atoms with Crippen molar-refractivity contribution >= 4 is 17.7 Å². The number of ether oxygens (including phenoxy) is 1. The monoisotopic (exact) mass is 267 g/mol. The molecule has 19 heavy (non-hydrogen) atoms. The summed E-state index contributed by atoms with van der Waals surface area (Å²) in [7, 11) is 0. The Balaban J connectivity index is 1.89. The van der Waals surface area contributed by atoms with Gasteiger partial charge in [0.1, 0.15) is 5.69 Å². The minimum absolute atomic E-state index is 0.0168. The Morgan fingerprint density at radius 2 is 2.37 bits per heavy atom. The molecule has 0 radical (unpaired) electrons. The molecule has 0 bridgehead atoms. The number of carbonyl (C=O) groups excluding carboxylic acids is 1. The molecular formula is C12H17N3O4. The first-order valence-electron chi connectivity index (χ1n) is 6.11. The van der Waals surface area contributed by atoms with Crippen molar-refractivity contribution in [1.29, 1.82) is 0 Å². The quantitative estimate of drug-likeness (QED) is 0.657. The summed E-state index contributed by atoms with van der Waals surface area (Å²) in [6.45, 7) is 3.64. The van der Waals surface area contributed by atoms with Crippen LogP contribution in [0.15, 0.2) is 6.07 Å². The molecule has 2 heterocycles. The summed E-state index contributed by atoms with van der Waals surface area (Å²) < 4.78 is 5.21. The largest absolute Gasteiger partial charge is 0.477 e. The SMILES string of the molecule is Cc1cc(NC(=O)NCC2CCOC2)c(C(=O)O)[nH]1. The van der Waals surface area contributed by atoms with E-state index in [1.54, 1.807) is 13.0 Å². The number of carboxylic acid groups (broad SMARTS) is 1. The van der Waals surface area contributed by atoms with Gasteiger partial charge in [-0.25, -0.2) is 9.59 Å². The molecule has 0 aliphatic carbocycles. The highest BCUT2D eigenvalue weighted by atomic mass is 16.5. The van der Waals surface area contributed by atoms with Crippen LogP contribution in [0.25, 0.3) is 0 Å². The van der Waals surface area contributed by atoms with E-state index in [-0.39, 0.29) is 11.4 Å². The maximum atomic E-state index is 11.7. The molecular weight excluding hydrogens is 250 g/mol. The van der Waals surface area contributed by atoms with Gasteiger partial charge in [-0.2, -0.15) is 0 Å². The number of aromatic nitrogens is 1. The van der Waals surface area contributed by atoms with E-state index in [9.17, 15) is 9.59 Å². The Morgan fingerprint density at radius 1 is 1.58 bits per heavy atom. The summed E-state index contributed by atoms with van der Waals surface area (Å²) in [6.07, 6.45) is 0.934. The van der Waals surface area contributed by atoms with Gasteiger partial charge in [-0.3, -0.25) is 0 Å². The molecule has 1 aliphatic rings. The molecule has 0 spiro atoms. The topological polar surface area (TPSA) is 103 Å². The van der Waals surface area contributed by atoms with Crippen LogP contribution in [0.2, 0.25) is 0 Å². The zero-order valence-corrected chi connectivity index (χ0v) is 10.7. The lowest BCUT2D eigenvalue weighted by atomic mass is 10.1. The minimum atomic E-state index is -1.10. The Bertz CT molecular complexity index is 477. The van der Waals surface area contributed by atoms with Crippen molar-refractivity contribution in [2.75, 3.05) is 25.1 Å². The maximum Gasteiger partial charge on any atom is 0.354 e. The first-order valence-corrected chi connectivity index (χ1v) is 6.11. The van der Waals surface area contributed by atoms with E-state index in [0.29, 0.717) is 24.8 Å². The van der Waals surface area contributed by atoms with Gasteiger partial charge in [0.2, 0.25) is 0 Å². The molecule has 1 aromatic heterocycles. The Labute approximate surface area is 110 Å². The fourth-order valence-electron chi connectivity index (χ4n) is 2.00. The summed E-state index contributed by atoms with van der Waals surface area (Å²) in [5, 5.41) is 14.2. The van der Waals surface area contributed by atoms with E-state index < -0.39 is 12.0 Å². The number of aromatic amines is 1. The van der Waals surface area contributed by atoms with Crippen molar-refractivity contribution < 1.29 is 19.4 Å². The summed E-state index contributed by atoms with van der Waals surface area (Å²) in [6, 6.07) is 1.18. The third-order valence-electron chi connectivity index (χ3n) is 2.99. The molecule has 104 valence electrons. The van der Waals surface area contributed by atoms with Gasteiger partial charge < -0.3 is 25.5 Å². The smallest absolute Gasteiger partial charge is 0.354 e. The number of nitrogens with one attached hydrogen (secondary N) is 3. The first-order chi connectivity index (χ1) is 9.06. The van der Waals surface area contributed by atoms with Gasteiger partial charge in [0.15, 0.2) is 0 Å². The van der Waals surface area contributed by atoms with E-state index >= 15 is 0 Å². The van der Waals surface area contributed by atoms with Crippen LogP contribution >= 0.6 is 0 Å². The molecule has 1 saturated heterocycles. The molecule has 1 atom stereocenters. The fraction of sp³-hybridized carbons (Fsp3) is 0.500. The second-order valence-electron chi connectivity index (χ2n) is 4.61. The van der Waals surface area contributed by atoms with Crippen LogP contribution in [0.4, 0.5) is 10.5 Å². The highest BCUT2D eigenvalue weighted by Crippen LogP contribution is 2.16. The average molecular weight is 267 g/mol. The third-order valence-corrected chi connectivity index (χ3v) is 2.99. The summed E-state index contributed by atoms with van der Waals surface area (Å²) in [5.41, 5.74) is 0.930. The van der Waals surface area contributed by atoms with E-state index in [1.165, 1.54) is 0 Å². The van der Waals surface area contributed by atoms with Crippen LogP contribution < -0.4 is 10.6 Å². The van der Waals surface area contributed by atoms with E-state index in [4.69, 9.17) is 9.84 Å².